The molecule has 0 spiro atoms. The fourth-order valence-corrected chi connectivity index (χ4v) is 2.00. The number of carboxylic acid groups (broad SMARTS) is 1. The van der Waals surface area contributed by atoms with E-state index in [-0.39, 0.29) is 12.8 Å². The maximum absolute atomic E-state index is 11.9. The lowest BCUT2D eigenvalue weighted by molar-refractivity contribution is -0.164. The van der Waals surface area contributed by atoms with Crippen molar-refractivity contribution in [1.82, 2.24) is 0 Å². The second kappa shape index (κ2) is 4.05. The number of esters is 1. The van der Waals surface area contributed by atoms with Crippen LogP contribution in [0.1, 0.15) is 12.0 Å². The van der Waals surface area contributed by atoms with Gasteiger partial charge in [0.05, 0.1) is 0 Å². The summed E-state index contributed by atoms with van der Waals surface area (Å²) in [6.45, 7) is 3.50. The number of aliphatic carboxylic acids is 1. The molecular formula is C13H12O4. The number of benzene rings is 1. The predicted octanol–water partition coefficient (Wildman–Crippen LogP) is 1.80. The Labute approximate surface area is 98.5 Å². The summed E-state index contributed by atoms with van der Waals surface area (Å²) in [5, 5.41) is 9.27. The van der Waals surface area contributed by atoms with E-state index < -0.39 is 17.4 Å². The lowest BCUT2D eigenvalue weighted by Crippen LogP contribution is -2.46. The van der Waals surface area contributed by atoms with E-state index in [2.05, 4.69) is 6.58 Å². The molecule has 1 aromatic rings. The zero-order chi connectivity index (χ0) is 12.5. The van der Waals surface area contributed by atoms with E-state index in [4.69, 9.17) is 4.74 Å². The average Bonchev–Trinajstić information content (AvgIpc) is 2.30. The molecule has 4 nitrogen and oxygen atoms in total. The Morgan fingerprint density at radius 2 is 2.24 bits per heavy atom. The number of rotatable bonds is 3. The summed E-state index contributed by atoms with van der Waals surface area (Å²) in [5.74, 6) is -1.45. The van der Waals surface area contributed by atoms with Gasteiger partial charge in [0.15, 0.2) is 5.41 Å². The van der Waals surface area contributed by atoms with Crippen molar-refractivity contribution in [2.24, 2.45) is 5.41 Å². The number of fused-ring (bicyclic) bond motifs is 1. The molecule has 1 heterocycles. The molecule has 1 aromatic carbocycles. The summed E-state index contributed by atoms with van der Waals surface area (Å²) in [5.41, 5.74) is -0.799. The minimum Gasteiger partial charge on any atom is -0.480 e. The number of hydrogen-bond acceptors (Lipinski definition) is 3. The summed E-state index contributed by atoms with van der Waals surface area (Å²) in [6, 6.07) is 6.96. The minimum atomic E-state index is -1.53. The second-order valence-corrected chi connectivity index (χ2v) is 4.05. The molecule has 0 aliphatic carbocycles. The number of ether oxygens (including phenoxy) is 1. The summed E-state index contributed by atoms with van der Waals surface area (Å²) < 4.78 is 5.09. The smallest absolute Gasteiger partial charge is 0.329 e. The quantitative estimate of drug-likeness (QED) is 0.373. The van der Waals surface area contributed by atoms with E-state index in [1.54, 1.807) is 24.3 Å². The molecule has 17 heavy (non-hydrogen) atoms. The van der Waals surface area contributed by atoms with Gasteiger partial charge in [-0.3, -0.25) is 9.59 Å². The molecule has 0 bridgehead atoms. The summed E-state index contributed by atoms with van der Waals surface area (Å²) in [4.78, 5) is 23.2. The fourth-order valence-electron chi connectivity index (χ4n) is 2.00. The van der Waals surface area contributed by atoms with Crippen molar-refractivity contribution in [2.45, 2.75) is 12.8 Å². The van der Waals surface area contributed by atoms with Gasteiger partial charge in [-0.1, -0.05) is 24.3 Å². The van der Waals surface area contributed by atoms with Gasteiger partial charge in [-0.2, -0.15) is 0 Å². The minimum absolute atomic E-state index is 0.0650. The van der Waals surface area contributed by atoms with Crippen molar-refractivity contribution in [1.29, 1.82) is 0 Å². The maximum Gasteiger partial charge on any atom is 0.329 e. The molecule has 88 valence electrons. The van der Waals surface area contributed by atoms with Gasteiger partial charge < -0.3 is 9.84 Å². The number of carbonyl (C=O) groups is 2. The van der Waals surface area contributed by atoms with Gasteiger partial charge >= 0.3 is 11.9 Å². The van der Waals surface area contributed by atoms with E-state index >= 15 is 0 Å². The van der Waals surface area contributed by atoms with Crippen LogP contribution in [0, 0.1) is 5.41 Å². The van der Waals surface area contributed by atoms with Crippen LogP contribution >= 0.6 is 0 Å². The molecule has 1 N–H and O–H groups in total. The van der Waals surface area contributed by atoms with Crippen LogP contribution in [0.15, 0.2) is 36.9 Å². The zero-order valence-electron chi connectivity index (χ0n) is 9.18. The first-order chi connectivity index (χ1) is 8.10. The highest BCUT2D eigenvalue weighted by molar-refractivity contribution is 6.01. The van der Waals surface area contributed by atoms with Crippen LogP contribution in [0.5, 0.6) is 5.75 Å². The van der Waals surface area contributed by atoms with E-state index in [1.807, 2.05) is 0 Å². The summed E-state index contributed by atoms with van der Waals surface area (Å²) >= 11 is 0. The SMILES string of the molecule is C=CCC1(C(=O)O)Cc2ccccc2OC1=O. The molecule has 2 rings (SSSR count). The molecule has 1 unspecified atom stereocenters. The number of para-hydroxylation sites is 1. The molecule has 1 aliphatic heterocycles. The second-order valence-electron chi connectivity index (χ2n) is 4.05. The molecule has 0 saturated carbocycles. The third kappa shape index (κ3) is 1.71. The predicted molar refractivity (Wildman–Crippen MR) is 60.7 cm³/mol. The van der Waals surface area contributed by atoms with Gasteiger partial charge in [0, 0.05) is 6.42 Å². The largest absolute Gasteiger partial charge is 0.480 e. The van der Waals surface area contributed by atoms with E-state index in [1.165, 1.54) is 6.08 Å². The van der Waals surface area contributed by atoms with Crippen molar-refractivity contribution in [3.8, 4) is 5.75 Å². The van der Waals surface area contributed by atoms with Gasteiger partial charge in [0.2, 0.25) is 0 Å². The van der Waals surface area contributed by atoms with Crippen LogP contribution in [0.3, 0.4) is 0 Å². The van der Waals surface area contributed by atoms with E-state index in [0.717, 1.165) is 5.56 Å². The first-order valence-electron chi connectivity index (χ1n) is 5.24. The van der Waals surface area contributed by atoms with Gasteiger partial charge in [-0.05, 0) is 18.1 Å². The van der Waals surface area contributed by atoms with E-state index in [0.29, 0.717) is 5.75 Å². The van der Waals surface area contributed by atoms with Crippen LogP contribution in [-0.4, -0.2) is 17.0 Å². The first-order valence-corrected chi connectivity index (χ1v) is 5.24. The molecule has 0 saturated heterocycles. The van der Waals surface area contributed by atoms with Crippen LogP contribution in [0.25, 0.3) is 0 Å². The van der Waals surface area contributed by atoms with Gasteiger partial charge in [0.25, 0.3) is 0 Å². The van der Waals surface area contributed by atoms with Crippen molar-refractivity contribution in [2.75, 3.05) is 0 Å². The molecule has 0 fully saturated rings. The van der Waals surface area contributed by atoms with Crippen molar-refractivity contribution >= 4 is 11.9 Å². The lowest BCUT2D eigenvalue weighted by atomic mass is 9.77. The van der Waals surface area contributed by atoms with Crippen molar-refractivity contribution < 1.29 is 19.4 Å². The van der Waals surface area contributed by atoms with Gasteiger partial charge in [-0.15, -0.1) is 6.58 Å². The maximum atomic E-state index is 11.9. The first kappa shape index (κ1) is 11.4. The topological polar surface area (TPSA) is 63.6 Å². The Hall–Kier alpha value is -2.10. The lowest BCUT2D eigenvalue weighted by Gasteiger charge is -2.31. The standard InChI is InChI=1S/C13H12O4/c1-2-7-13(11(14)15)8-9-5-3-4-6-10(9)17-12(13)16/h2-6H,1,7-8H2,(H,14,15). The Kier molecular flexibility index (Phi) is 2.71. The highest BCUT2D eigenvalue weighted by Gasteiger charge is 2.50. The molecule has 0 radical (unpaired) electrons. The highest BCUT2D eigenvalue weighted by atomic mass is 16.5. The number of carbonyl (C=O) groups excluding carboxylic acids is 1. The number of carboxylic acids is 1. The molecule has 1 atom stereocenters. The normalized spacial score (nSPS) is 22.5. The van der Waals surface area contributed by atoms with Gasteiger partial charge in [-0.25, -0.2) is 0 Å². The molecule has 0 amide bonds. The van der Waals surface area contributed by atoms with Crippen LogP contribution in [0.4, 0.5) is 0 Å². The molecule has 1 aliphatic rings. The third-order valence-electron chi connectivity index (χ3n) is 2.96. The third-order valence-corrected chi connectivity index (χ3v) is 2.96. The zero-order valence-corrected chi connectivity index (χ0v) is 9.18. The number of allylic oxidation sites excluding steroid dienone is 1. The molecule has 0 aromatic heterocycles. The van der Waals surface area contributed by atoms with Crippen LogP contribution in [0.2, 0.25) is 0 Å². The fraction of sp³-hybridized carbons (Fsp3) is 0.231. The Morgan fingerprint density at radius 3 is 2.88 bits per heavy atom. The van der Waals surface area contributed by atoms with Crippen LogP contribution < -0.4 is 4.74 Å². The molecular weight excluding hydrogens is 220 g/mol. The van der Waals surface area contributed by atoms with Crippen molar-refractivity contribution in [3.05, 3.63) is 42.5 Å². The Balaban J connectivity index is 2.48. The Morgan fingerprint density at radius 1 is 1.53 bits per heavy atom. The summed E-state index contributed by atoms with van der Waals surface area (Å²) in [7, 11) is 0. The van der Waals surface area contributed by atoms with Gasteiger partial charge in [0.1, 0.15) is 5.75 Å². The van der Waals surface area contributed by atoms with Crippen molar-refractivity contribution in [3.63, 3.8) is 0 Å². The van der Waals surface area contributed by atoms with Crippen LogP contribution in [-0.2, 0) is 16.0 Å². The Bertz CT molecular complexity index is 492. The number of hydrogen-bond donors (Lipinski definition) is 1. The monoisotopic (exact) mass is 232 g/mol. The summed E-state index contributed by atoms with van der Waals surface area (Å²) in [6.07, 6.45) is 1.64. The average molecular weight is 232 g/mol. The highest BCUT2D eigenvalue weighted by Crippen LogP contribution is 2.38. The van der Waals surface area contributed by atoms with E-state index in [9.17, 15) is 14.7 Å². The molecule has 4 heteroatoms.